The lowest BCUT2D eigenvalue weighted by Crippen LogP contribution is -2.22. The molecule has 0 saturated carbocycles. The van der Waals surface area contributed by atoms with E-state index in [0.29, 0.717) is 22.6 Å². The second-order valence-corrected chi connectivity index (χ2v) is 5.90. The van der Waals surface area contributed by atoms with Gasteiger partial charge in [-0.05, 0) is 60.4 Å². The lowest BCUT2D eigenvalue weighted by Gasteiger charge is -2.16. The number of nitrogens with zero attached hydrogens (tertiary/aromatic N) is 1. The third kappa shape index (κ3) is 4.35. The van der Waals surface area contributed by atoms with Gasteiger partial charge in [-0.25, -0.2) is 4.79 Å². The van der Waals surface area contributed by atoms with Crippen molar-refractivity contribution in [2.45, 2.75) is 19.3 Å². The largest absolute Gasteiger partial charge is 0.493 e. The molecule has 1 aliphatic heterocycles. The molecule has 0 unspecified atom stereocenters. The van der Waals surface area contributed by atoms with E-state index in [0.717, 1.165) is 13.0 Å². The van der Waals surface area contributed by atoms with Crippen LogP contribution in [0.4, 0.5) is 0 Å². The molecule has 6 heteroatoms. The van der Waals surface area contributed by atoms with E-state index in [1.807, 2.05) is 0 Å². The smallest absolute Gasteiger partial charge is 0.335 e. The Bertz CT molecular complexity index is 501. The van der Waals surface area contributed by atoms with Gasteiger partial charge in [-0.1, -0.05) is 0 Å². The van der Waals surface area contributed by atoms with E-state index >= 15 is 0 Å². The highest BCUT2D eigenvalue weighted by molar-refractivity contribution is 9.10. The van der Waals surface area contributed by atoms with Crippen molar-refractivity contribution in [3.63, 3.8) is 0 Å². The number of likely N-dealkylation sites (tertiary alicyclic amines) is 1. The first-order valence-electron chi connectivity index (χ1n) is 7.08. The van der Waals surface area contributed by atoms with Crippen LogP contribution in [0.5, 0.6) is 11.5 Å². The number of carboxylic acids is 1. The van der Waals surface area contributed by atoms with Crippen LogP contribution in [0.15, 0.2) is 16.6 Å². The van der Waals surface area contributed by atoms with Crippen molar-refractivity contribution >= 4 is 21.9 Å². The first-order valence-corrected chi connectivity index (χ1v) is 7.87. The number of carboxylic acid groups (broad SMARTS) is 1. The molecular formula is C15H20BrNO4. The Labute approximate surface area is 133 Å². The SMILES string of the molecule is COc1cc(C(=O)O)cc(Br)c1OCCCN1CCCC1. The maximum atomic E-state index is 11.0. The minimum atomic E-state index is -0.991. The van der Waals surface area contributed by atoms with Gasteiger partial charge in [0.2, 0.25) is 0 Å². The summed E-state index contributed by atoms with van der Waals surface area (Å²) in [5.41, 5.74) is 0.170. The Balaban J connectivity index is 1.93. The van der Waals surface area contributed by atoms with Crippen molar-refractivity contribution < 1.29 is 19.4 Å². The van der Waals surface area contributed by atoms with Gasteiger partial charge < -0.3 is 19.5 Å². The van der Waals surface area contributed by atoms with E-state index in [2.05, 4.69) is 20.8 Å². The number of hydrogen-bond donors (Lipinski definition) is 1. The molecule has 0 radical (unpaired) electrons. The fourth-order valence-corrected chi connectivity index (χ4v) is 3.01. The second-order valence-electron chi connectivity index (χ2n) is 5.05. The highest BCUT2D eigenvalue weighted by atomic mass is 79.9. The third-order valence-corrected chi connectivity index (χ3v) is 4.13. The average Bonchev–Trinajstić information content (AvgIpc) is 2.97. The Morgan fingerprint density at radius 3 is 2.71 bits per heavy atom. The van der Waals surface area contributed by atoms with Crippen LogP contribution in [0.3, 0.4) is 0 Å². The van der Waals surface area contributed by atoms with Crippen molar-refractivity contribution in [2.24, 2.45) is 0 Å². The number of carbonyl (C=O) groups is 1. The summed E-state index contributed by atoms with van der Waals surface area (Å²) >= 11 is 3.35. The number of rotatable bonds is 7. The molecule has 0 spiro atoms. The molecule has 1 heterocycles. The lowest BCUT2D eigenvalue weighted by molar-refractivity contribution is 0.0696. The monoisotopic (exact) mass is 357 g/mol. The number of ether oxygens (including phenoxy) is 2. The predicted molar refractivity (Wildman–Crippen MR) is 83.4 cm³/mol. The zero-order valence-electron chi connectivity index (χ0n) is 12.1. The number of aromatic carboxylic acids is 1. The number of hydrogen-bond acceptors (Lipinski definition) is 4. The molecule has 1 N–H and O–H groups in total. The van der Waals surface area contributed by atoms with E-state index < -0.39 is 5.97 Å². The Morgan fingerprint density at radius 2 is 2.10 bits per heavy atom. The molecule has 2 rings (SSSR count). The molecular weight excluding hydrogens is 338 g/mol. The van der Waals surface area contributed by atoms with Crippen molar-refractivity contribution in [2.75, 3.05) is 33.4 Å². The van der Waals surface area contributed by atoms with Crippen LogP contribution in [0, 0.1) is 0 Å². The van der Waals surface area contributed by atoms with Gasteiger partial charge in [0.15, 0.2) is 11.5 Å². The minimum absolute atomic E-state index is 0.170. The van der Waals surface area contributed by atoms with E-state index in [4.69, 9.17) is 14.6 Å². The summed E-state index contributed by atoms with van der Waals surface area (Å²) in [6.07, 6.45) is 3.52. The molecule has 0 atom stereocenters. The molecule has 21 heavy (non-hydrogen) atoms. The summed E-state index contributed by atoms with van der Waals surface area (Å²) in [5.74, 6) is 0.00135. The van der Waals surface area contributed by atoms with Gasteiger partial charge in [0.25, 0.3) is 0 Å². The molecule has 1 aromatic carbocycles. The summed E-state index contributed by atoms with van der Waals surface area (Å²) < 4.78 is 11.6. The first kappa shape index (κ1) is 16.1. The van der Waals surface area contributed by atoms with Crippen LogP contribution in [-0.4, -0.2) is 49.3 Å². The normalized spacial score (nSPS) is 15.1. The van der Waals surface area contributed by atoms with E-state index in [-0.39, 0.29) is 5.56 Å². The molecule has 116 valence electrons. The molecule has 1 aliphatic rings. The van der Waals surface area contributed by atoms with Crippen molar-refractivity contribution in [3.05, 3.63) is 22.2 Å². The third-order valence-electron chi connectivity index (χ3n) is 3.54. The van der Waals surface area contributed by atoms with Crippen LogP contribution in [0.25, 0.3) is 0 Å². The topological polar surface area (TPSA) is 59.0 Å². The van der Waals surface area contributed by atoms with Gasteiger partial charge in [0, 0.05) is 6.54 Å². The lowest BCUT2D eigenvalue weighted by atomic mass is 10.2. The fraction of sp³-hybridized carbons (Fsp3) is 0.533. The number of methoxy groups -OCH3 is 1. The van der Waals surface area contributed by atoms with Gasteiger partial charge in [-0.2, -0.15) is 0 Å². The van der Waals surface area contributed by atoms with E-state index in [1.54, 1.807) is 0 Å². The maximum absolute atomic E-state index is 11.0. The predicted octanol–water partition coefficient (Wildman–Crippen LogP) is 3.02. The maximum Gasteiger partial charge on any atom is 0.335 e. The Morgan fingerprint density at radius 1 is 1.38 bits per heavy atom. The van der Waals surface area contributed by atoms with Crippen molar-refractivity contribution in [1.29, 1.82) is 0 Å². The van der Waals surface area contributed by atoms with Gasteiger partial charge >= 0.3 is 5.97 Å². The van der Waals surface area contributed by atoms with Crippen LogP contribution < -0.4 is 9.47 Å². The molecule has 0 aliphatic carbocycles. The molecule has 1 aromatic rings. The summed E-state index contributed by atoms with van der Waals surface area (Å²) in [4.78, 5) is 13.5. The summed E-state index contributed by atoms with van der Waals surface area (Å²) in [5, 5.41) is 9.03. The minimum Gasteiger partial charge on any atom is -0.493 e. The summed E-state index contributed by atoms with van der Waals surface area (Å²) in [6, 6.07) is 3.00. The average molecular weight is 358 g/mol. The van der Waals surface area contributed by atoms with Crippen molar-refractivity contribution in [1.82, 2.24) is 4.90 Å². The second kappa shape index (κ2) is 7.66. The van der Waals surface area contributed by atoms with Gasteiger partial charge in [-0.3, -0.25) is 0 Å². The van der Waals surface area contributed by atoms with E-state index in [1.165, 1.54) is 45.2 Å². The van der Waals surface area contributed by atoms with Crippen molar-refractivity contribution in [3.8, 4) is 11.5 Å². The van der Waals surface area contributed by atoms with Gasteiger partial charge in [0.05, 0.1) is 23.8 Å². The fourth-order valence-electron chi connectivity index (χ4n) is 2.45. The highest BCUT2D eigenvalue weighted by Crippen LogP contribution is 2.36. The zero-order chi connectivity index (χ0) is 15.2. The standard InChI is InChI=1S/C15H20BrNO4/c1-20-13-10-11(15(18)19)9-12(16)14(13)21-8-4-7-17-5-2-3-6-17/h9-10H,2-8H2,1H3,(H,18,19). The highest BCUT2D eigenvalue weighted by Gasteiger charge is 2.15. The molecule has 1 saturated heterocycles. The zero-order valence-corrected chi connectivity index (χ0v) is 13.7. The number of benzene rings is 1. The molecule has 0 aromatic heterocycles. The van der Waals surface area contributed by atoms with Gasteiger partial charge in [0.1, 0.15) is 0 Å². The summed E-state index contributed by atoms with van der Waals surface area (Å²) in [7, 11) is 1.50. The van der Waals surface area contributed by atoms with E-state index in [9.17, 15) is 4.79 Å². The molecule has 0 bridgehead atoms. The Hall–Kier alpha value is -1.27. The van der Waals surface area contributed by atoms with Gasteiger partial charge in [-0.15, -0.1) is 0 Å². The van der Waals surface area contributed by atoms with Crippen LogP contribution in [0.2, 0.25) is 0 Å². The number of halogens is 1. The van der Waals surface area contributed by atoms with Crippen LogP contribution >= 0.6 is 15.9 Å². The van der Waals surface area contributed by atoms with Crippen LogP contribution in [-0.2, 0) is 0 Å². The quantitative estimate of drug-likeness (QED) is 0.760. The first-order chi connectivity index (χ1) is 10.1. The Kier molecular flexibility index (Phi) is 5.87. The molecule has 1 fully saturated rings. The molecule has 5 nitrogen and oxygen atoms in total. The van der Waals surface area contributed by atoms with Crippen LogP contribution in [0.1, 0.15) is 29.6 Å². The summed E-state index contributed by atoms with van der Waals surface area (Å²) in [6.45, 7) is 3.98. The molecule has 0 amide bonds.